The van der Waals surface area contributed by atoms with Crippen LogP contribution < -0.4 is 11.1 Å². The molecule has 1 aromatic carbocycles. The number of nitrogens with one attached hydrogen (secondary N) is 1. The van der Waals surface area contributed by atoms with Crippen molar-refractivity contribution in [1.82, 2.24) is 5.32 Å². The van der Waals surface area contributed by atoms with Gasteiger partial charge in [-0.3, -0.25) is 4.79 Å². The molecule has 4 nitrogen and oxygen atoms in total. The summed E-state index contributed by atoms with van der Waals surface area (Å²) in [5, 5.41) is 12.1. The Labute approximate surface area is 101 Å². The molecule has 1 aromatic rings. The number of phenolic OH excluding ortho intramolecular Hbond substituents is 1. The maximum atomic E-state index is 11.6. The third-order valence-electron chi connectivity index (χ3n) is 3.67. The molecule has 4 heteroatoms. The van der Waals surface area contributed by atoms with Gasteiger partial charge in [0.15, 0.2) is 0 Å². The molecular formula is C13H18N2O2. The second-order valence-corrected chi connectivity index (χ2v) is 5.23. The van der Waals surface area contributed by atoms with Crippen LogP contribution >= 0.6 is 0 Å². The van der Waals surface area contributed by atoms with Crippen molar-refractivity contribution < 1.29 is 9.90 Å². The lowest BCUT2D eigenvalue weighted by Gasteiger charge is -2.28. The summed E-state index contributed by atoms with van der Waals surface area (Å²) in [5.74, 6) is 0.166. The topological polar surface area (TPSA) is 75.3 Å². The van der Waals surface area contributed by atoms with Crippen LogP contribution in [0.3, 0.4) is 0 Å². The van der Waals surface area contributed by atoms with Crippen molar-refractivity contribution in [3.63, 3.8) is 0 Å². The number of carbonyl (C=O) groups excluding carboxylic acids is 1. The van der Waals surface area contributed by atoms with Gasteiger partial charge in [-0.1, -0.05) is 26.0 Å². The third kappa shape index (κ3) is 2.13. The Kier molecular flexibility index (Phi) is 2.83. The molecule has 0 aliphatic carbocycles. The number of nitrogens with two attached hydrogens (primary N) is 1. The van der Waals surface area contributed by atoms with Crippen LogP contribution in [0.4, 0.5) is 0 Å². The van der Waals surface area contributed by atoms with Gasteiger partial charge in [0.2, 0.25) is 5.91 Å². The van der Waals surface area contributed by atoms with E-state index in [-0.39, 0.29) is 23.1 Å². The Balaban J connectivity index is 2.14. The molecule has 1 fully saturated rings. The van der Waals surface area contributed by atoms with Crippen LogP contribution in [0.1, 0.15) is 19.4 Å². The SMILES string of the molecule is CC1(C)C(Cc2ccc(O)cc2)NC(=O)C1N. The number of phenols is 1. The highest BCUT2D eigenvalue weighted by Gasteiger charge is 2.46. The van der Waals surface area contributed by atoms with Crippen LogP contribution in [0.2, 0.25) is 0 Å². The molecule has 1 aliphatic rings. The normalized spacial score (nSPS) is 26.9. The molecule has 1 amide bonds. The molecule has 92 valence electrons. The Bertz CT molecular complexity index is 426. The number of amides is 1. The molecule has 0 aromatic heterocycles. The number of hydrogen-bond acceptors (Lipinski definition) is 3. The predicted octanol–water partition coefficient (Wildman–Crippen LogP) is 0.787. The van der Waals surface area contributed by atoms with E-state index < -0.39 is 6.04 Å². The van der Waals surface area contributed by atoms with E-state index in [0.29, 0.717) is 0 Å². The van der Waals surface area contributed by atoms with Gasteiger partial charge in [-0.25, -0.2) is 0 Å². The van der Waals surface area contributed by atoms with Crippen molar-refractivity contribution in [1.29, 1.82) is 0 Å². The van der Waals surface area contributed by atoms with E-state index in [4.69, 9.17) is 5.73 Å². The minimum Gasteiger partial charge on any atom is -0.508 e. The van der Waals surface area contributed by atoms with Crippen molar-refractivity contribution >= 4 is 5.91 Å². The van der Waals surface area contributed by atoms with Gasteiger partial charge in [-0.05, 0) is 24.1 Å². The molecule has 17 heavy (non-hydrogen) atoms. The average molecular weight is 234 g/mol. The number of hydrogen-bond donors (Lipinski definition) is 3. The van der Waals surface area contributed by atoms with Crippen LogP contribution in [0.25, 0.3) is 0 Å². The van der Waals surface area contributed by atoms with Gasteiger partial charge in [0.25, 0.3) is 0 Å². The van der Waals surface area contributed by atoms with Crippen molar-refractivity contribution in [2.45, 2.75) is 32.4 Å². The monoisotopic (exact) mass is 234 g/mol. The van der Waals surface area contributed by atoms with Gasteiger partial charge < -0.3 is 16.2 Å². The van der Waals surface area contributed by atoms with Crippen LogP contribution in [0.5, 0.6) is 5.75 Å². The Morgan fingerprint density at radius 2 is 1.94 bits per heavy atom. The molecule has 0 bridgehead atoms. The van der Waals surface area contributed by atoms with Crippen molar-refractivity contribution in [3.05, 3.63) is 29.8 Å². The molecule has 2 unspecified atom stereocenters. The van der Waals surface area contributed by atoms with Crippen LogP contribution in [-0.2, 0) is 11.2 Å². The first kappa shape index (κ1) is 11.9. The van der Waals surface area contributed by atoms with E-state index >= 15 is 0 Å². The molecule has 4 N–H and O–H groups in total. The number of aromatic hydroxyl groups is 1. The molecule has 0 saturated carbocycles. The van der Waals surface area contributed by atoms with Crippen LogP contribution in [0.15, 0.2) is 24.3 Å². The summed E-state index contributed by atoms with van der Waals surface area (Å²) in [7, 11) is 0. The summed E-state index contributed by atoms with van der Waals surface area (Å²) in [6, 6.07) is 6.61. The fourth-order valence-corrected chi connectivity index (χ4v) is 2.18. The van der Waals surface area contributed by atoms with E-state index in [2.05, 4.69) is 5.32 Å². The highest BCUT2D eigenvalue weighted by Crippen LogP contribution is 2.32. The molecule has 2 atom stereocenters. The standard InChI is InChI=1S/C13H18N2O2/c1-13(2)10(15-12(17)11(13)14)7-8-3-5-9(16)6-4-8/h3-6,10-11,16H,7,14H2,1-2H3,(H,15,17). The molecule has 1 aliphatic heterocycles. The summed E-state index contributed by atoms with van der Waals surface area (Å²) in [5.41, 5.74) is 6.70. The second-order valence-electron chi connectivity index (χ2n) is 5.23. The van der Waals surface area contributed by atoms with Gasteiger partial charge >= 0.3 is 0 Å². The minimum absolute atomic E-state index is 0.0366. The van der Waals surface area contributed by atoms with E-state index in [1.165, 1.54) is 0 Å². The predicted molar refractivity (Wildman–Crippen MR) is 65.5 cm³/mol. The van der Waals surface area contributed by atoms with Gasteiger partial charge in [-0.2, -0.15) is 0 Å². The zero-order valence-corrected chi connectivity index (χ0v) is 10.1. The van der Waals surface area contributed by atoms with Gasteiger partial charge in [0, 0.05) is 11.5 Å². The first-order valence-corrected chi connectivity index (χ1v) is 5.75. The van der Waals surface area contributed by atoms with Gasteiger partial charge in [0.1, 0.15) is 5.75 Å². The highest BCUT2D eigenvalue weighted by molar-refractivity contribution is 5.85. The van der Waals surface area contributed by atoms with Gasteiger partial charge in [0.05, 0.1) is 6.04 Å². The molecule has 1 saturated heterocycles. The summed E-state index contributed by atoms with van der Waals surface area (Å²) < 4.78 is 0. The highest BCUT2D eigenvalue weighted by atomic mass is 16.3. The summed E-state index contributed by atoms with van der Waals surface area (Å²) in [6.45, 7) is 4.00. The first-order chi connectivity index (χ1) is 7.91. The largest absolute Gasteiger partial charge is 0.508 e. The molecular weight excluding hydrogens is 216 g/mol. The number of rotatable bonds is 2. The summed E-state index contributed by atoms with van der Waals surface area (Å²) in [6.07, 6.45) is 0.729. The van der Waals surface area contributed by atoms with E-state index in [0.717, 1.165) is 12.0 Å². The Morgan fingerprint density at radius 1 is 1.35 bits per heavy atom. The fraction of sp³-hybridized carbons (Fsp3) is 0.462. The summed E-state index contributed by atoms with van der Waals surface area (Å²) in [4.78, 5) is 11.6. The van der Waals surface area contributed by atoms with Crippen molar-refractivity contribution in [2.75, 3.05) is 0 Å². The van der Waals surface area contributed by atoms with E-state index in [9.17, 15) is 9.90 Å². The van der Waals surface area contributed by atoms with Crippen LogP contribution in [-0.4, -0.2) is 23.1 Å². The second kappa shape index (κ2) is 4.04. The molecule has 0 radical (unpaired) electrons. The van der Waals surface area contributed by atoms with Crippen LogP contribution in [0, 0.1) is 5.41 Å². The maximum Gasteiger partial charge on any atom is 0.237 e. The molecule has 2 rings (SSSR count). The molecule has 0 spiro atoms. The fourth-order valence-electron chi connectivity index (χ4n) is 2.18. The first-order valence-electron chi connectivity index (χ1n) is 5.75. The average Bonchev–Trinajstić information content (AvgIpc) is 2.46. The quantitative estimate of drug-likeness (QED) is 0.708. The van der Waals surface area contributed by atoms with E-state index in [1.807, 2.05) is 26.0 Å². The Hall–Kier alpha value is -1.55. The zero-order chi connectivity index (χ0) is 12.6. The van der Waals surface area contributed by atoms with Gasteiger partial charge in [-0.15, -0.1) is 0 Å². The number of benzene rings is 1. The Morgan fingerprint density at radius 3 is 2.41 bits per heavy atom. The minimum atomic E-state index is -0.454. The third-order valence-corrected chi connectivity index (χ3v) is 3.67. The van der Waals surface area contributed by atoms with E-state index in [1.54, 1.807) is 12.1 Å². The number of carbonyl (C=O) groups is 1. The smallest absolute Gasteiger partial charge is 0.237 e. The lowest BCUT2D eigenvalue weighted by atomic mass is 9.79. The summed E-state index contributed by atoms with van der Waals surface area (Å²) >= 11 is 0. The molecule has 1 heterocycles. The van der Waals surface area contributed by atoms with Crippen molar-refractivity contribution in [3.8, 4) is 5.75 Å². The zero-order valence-electron chi connectivity index (χ0n) is 10.1. The lowest BCUT2D eigenvalue weighted by molar-refractivity contribution is -0.120. The maximum absolute atomic E-state index is 11.6. The lowest BCUT2D eigenvalue weighted by Crippen LogP contribution is -2.42. The van der Waals surface area contributed by atoms with Crippen molar-refractivity contribution in [2.24, 2.45) is 11.1 Å².